The van der Waals surface area contributed by atoms with Gasteiger partial charge in [0.25, 0.3) is 0 Å². The third-order valence-electron chi connectivity index (χ3n) is 2.76. The zero-order chi connectivity index (χ0) is 15.3. The number of halogens is 2. The summed E-state index contributed by atoms with van der Waals surface area (Å²) in [5.74, 6) is -0.263. The van der Waals surface area contributed by atoms with Crippen molar-refractivity contribution in [1.29, 1.82) is 0 Å². The van der Waals surface area contributed by atoms with Gasteiger partial charge in [-0.1, -0.05) is 15.9 Å². The molecule has 0 radical (unpaired) electrons. The van der Waals surface area contributed by atoms with E-state index in [9.17, 15) is 9.59 Å². The quantitative estimate of drug-likeness (QED) is 0.770. The van der Waals surface area contributed by atoms with Crippen molar-refractivity contribution in [1.82, 2.24) is 4.90 Å². The number of rotatable bonds is 6. The lowest BCUT2D eigenvalue weighted by molar-refractivity contribution is -0.134. The number of amides is 2. The molecule has 0 saturated heterocycles. The van der Waals surface area contributed by atoms with Gasteiger partial charge in [0.15, 0.2) is 0 Å². The van der Waals surface area contributed by atoms with Gasteiger partial charge in [-0.3, -0.25) is 9.59 Å². The van der Waals surface area contributed by atoms with Crippen LogP contribution in [-0.2, 0) is 16.1 Å². The maximum absolute atomic E-state index is 12.0. The van der Waals surface area contributed by atoms with Crippen LogP contribution in [0.3, 0.4) is 0 Å². The molecule has 118 valence electrons. The van der Waals surface area contributed by atoms with Crippen LogP contribution in [0.5, 0.6) is 5.75 Å². The van der Waals surface area contributed by atoms with Gasteiger partial charge in [-0.2, -0.15) is 0 Å². The first kappa shape index (κ1) is 19.7. The van der Waals surface area contributed by atoms with Crippen molar-refractivity contribution >= 4 is 40.2 Å². The van der Waals surface area contributed by atoms with Gasteiger partial charge in [-0.25, -0.2) is 0 Å². The van der Waals surface area contributed by atoms with E-state index in [2.05, 4.69) is 15.9 Å². The van der Waals surface area contributed by atoms with Gasteiger partial charge in [-0.15, -0.1) is 12.4 Å². The third kappa shape index (κ3) is 5.91. The summed E-state index contributed by atoms with van der Waals surface area (Å²) < 4.78 is 6.13. The smallest absolute Gasteiger partial charge is 0.240 e. The topological polar surface area (TPSA) is 98.7 Å². The Hall–Kier alpha value is -1.31. The predicted octanol–water partition coefficient (Wildman–Crippen LogP) is 1.04. The number of benzene rings is 1. The van der Waals surface area contributed by atoms with E-state index in [1.807, 2.05) is 12.1 Å². The summed E-state index contributed by atoms with van der Waals surface area (Å²) in [5, 5.41) is 0. The molecule has 0 fully saturated rings. The van der Waals surface area contributed by atoms with E-state index in [-0.39, 0.29) is 24.7 Å². The molecule has 1 atom stereocenters. The van der Waals surface area contributed by atoms with Crippen molar-refractivity contribution in [2.75, 3.05) is 14.2 Å². The maximum Gasteiger partial charge on any atom is 0.240 e. The van der Waals surface area contributed by atoms with E-state index in [0.29, 0.717) is 12.3 Å². The van der Waals surface area contributed by atoms with Crippen molar-refractivity contribution in [3.05, 3.63) is 28.2 Å². The Bertz CT molecular complexity index is 513. The molecule has 0 spiro atoms. The largest absolute Gasteiger partial charge is 0.496 e. The van der Waals surface area contributed by atoms with E-state index in [1.54, 1.807) is 20.2 Å². The second kappa shape index (κ2) is 8.86. The number of ether oxygens (including phenoxy) is 1. The van der Waals surface area contributed by atoms with E-state index < -0.39 is 11.9 Å². The second-order valence-corrected chi connectivity index (χ2v) is 5.34. The van der Waals surface area contributed by atoms with Crippen LogP contribution in [0.2, 0.25) is 0 Å². The van der Waals surface area contributed by atoms with Gasteiger partial charge >= 0.3 is 0 Å². The minimum atomic E-state index is -0.921. The molecule has 0 heterocycles. The fourth-order valence-electron chi connectivity index (χ4n) is 1.79. The van der Waals surface area contributed by atoms with Crippen LogP contribution in [0.15, 0.2) is 22.7 Å². The first-order valence-corrected chi connectivity index (χ1v) is 6.75. The van der Waals surface area contributed by atoms with Crippen molar-refractivity contribution in [3.63, 3.8) is 0 Å². The monoisotopic (exact) mass is 379 g/mol. The van der Waals surface area contributed by atoms with Crippen molar-refractivity contribution in [3.8, 4) is 5.75 Å². The van der Waals surface area contributed by atoms with Crippen LogP contribution in [0, 0.1) is 0 Å². The molecule has 0 aliphatic heterocycles. The molecule has 0 bridgehead atoms. The molecular weight excluding hydrogens is 362 g/mol. The van der Waals surface area contributed by atoms with E-state index in [1.165, 1.54) is 4.90 Å². The first-order chi connectivity index (χ1) is 9.35. The number of hydrogen-bond acceptors (Lipinski definition) is 4. The Morgan fingerprint density at radius 2 is 2.05 bits per heavy atom. The van der Waals surface area contributed by atoms with Gasteiger partial charge in [-0.05, 0) is 18.2 Å². The second-order valence-electron chi connectivity index (χ2n) is 4.43. The zero-order valence-electron chi connectivity index (χ0n) is 11.8. The normalized spacial score (nSPS) is 11.2. The fraction of sp³-hybridized carbons (Fsp3) is 0.385. The molecule has 2 amide bonds. The van der Waals surface area contributed by atoms with Crippen LogP contribution >= 0.6 is 28.3 Å². The highest BCUT2D eigenvalue weighted by Crippen LogP contribution is 2.24. The minimum Gasteiger partial charge on any atom is -0.496 e. The Morgan fingerprint density at radius 3 is 2.57 bits per heavy atom. The number of carbonyl (C=O) groups is 2. The molecule has 0 aliphatic rings. The van der Waals surface area contributed by atoms with Crippen LogP contribution in [-0.4, -0.2) is 36.9 Å². The number of methoxy groups -OCH3 is 1. The Labute approximate surface area is 138 Å². The number of nitrogens with two attached hydrogens (primary N) is 2. The summed E-state index contributed by atoms with van der Waals surface area (Å²) in [6.07, 6.45) is -0.168. The van der Waals surface area contributed by atoms with Crippen LogP contribution < -0.4 is 16.2 Å². The average molecular weight is 381 g/mol. The van der Waals surface area contributed by atoms with E-state index >= 15 is 0 Å². The molecule has 1 unspecified atom stereocenters. The van der Waals surface area contributed by atoms with E-state index in [4.69, 9.17) is 16.2 Å². The number of likely N-dealkylation sites (N-methyl/N-ethyl adjacent to an activating group) is 1. The SMILES string of the molecule is COc1ccc(Br)cc1CN(C)C(=O)C(N)CC(N)=O.Cl. The Balaban J connectivity index is 0.00000400. The number of primary amides is 1. The minimum absolute atomic E-state index is 0. The van der Waals surface area contributed by atoms with Crippen LogP contribution in [0.1, 0.15) is 12.0 Å². The van der Waals surface area contributed by atoms with Crippen LogP contribution in [0.4, 0.5) is 0 Å². The molecule has 1 aromatic carbocycles. The molecule has 21 heavy (non-hydrogen) atoms. The number of carbonyl (C=O) groups excluding carboxylic acids is 2. The molecule has 0 saturated carbocycles. The van der Waals surface area contributed by atoms with Gasteiger partial charge in [0.1, 0.15) is 5.75 Å². The third-order valence-corrected chi connectivity index (χ3v) is 3.26. The number of hydrogen-bond donors (Lipinski definition) is 2. The van der Waals surface area contributed by atoms with Gasteiger partial charge in [0.2, 0.25) is 11.8 Å². The molecule has 1 rings (SSSR count). The Kier molecular flexibility index (Phi) is 8.31. The molecule has 1 aromatic rings. The van der Waals surface area contributed by atoms with Crippen molar-refractivity contribution in [2.45, 2.75) is 19.0 Å². The molecule has 8 heteroatoms. The lowest BCUT2D eigenvalue weighted by Crippen LogP contribution is -2.43. The molecular formula is C13H19BrClN3O3. The molecule has 0 aliphatic carbocycles. The van der Waals surface area contributed by atoms with Crippen molar-refractivity contribution in [2.24, 2.45) is 11.5 Å². The number of nitrogens with zero attached hydrogens (tertiary/aromatic N) is 1. The van der Waals surface area contributed by atoms with Gasteiger partial charge in [0, 0.05) is 23.6 Å². The average Bonchev–Trinajstić information content (AvgIpc) is 2.37. The highest BCUT2D eigenvalue weighted by molar-refractivity contribution is 9.10. The summed E-state index contributed by atoms with van der Waals surface area (Å²) in [4.78, 5) is 24.2. The summed E-state index contributed by atoms with van der Waals surface area (Å²) >= 11 is 3.37. The summed E-state index contributed by atoms with van der Waals surface area (Å²) in [6.45, 7) is 0.327. The lowest BCUT2D eigenvalue weighted by atomic mass is 10.1. The fourth-order valence-corrected chi connectivity index (χ4v) is 2.20. The Morgan fingerprint density at radius 1 is 1.43 bits per heavy atom. The summed E-state index contributed by atoms with van der Waals surface area (Å²) in [5.41, 5.74) is 11.5. The highest BCUT2D eigenvalue weighted by atomic mass is 79.9. The lowest BCUT2D eigenvalue weighted by Gasteiger charge is -2.22. The molecule has 6 nitrogen and oxygen atoms in total. The zero-order valence-corrected chi connectivity index (χ0v) is 14.2. The van der Waals surface area contributed by atoms with Crippen LogP contribution in [0.25, 0.3) is 0 Å². The standard InChI is InChI=1S/C13H18BrN3O3.ClH/c1-17(13(19)10(15)6-12(16)18)7-8-5-9(14)3-4-11(8)20-2;/h3-5,10H,6-7,15H2,1-2H3,(H2,16,18);1H. The van der Waals surface area contributed by atoms with Gasteiger partial charge < -0.3 is 21.1 Å². The highest BCUT2D eigenvalue weighted by Gasteiger charge is 2.21. The molecule has 0 aromatic heterocycles. The summed E-state index contributed by atoms with van der Waals surface area (Å²) in [7, 11) is 3.18. The van der Waals surface area contributed by atoms with Crippen molar-refractivity contribution < 1.29 is 14.3 Å². The maximum atomic E-state index is 12.0. The van der Waals surface area contributed by atoms with E-state index in [0.717, 1.165) is 10.0 Å². The first-order valence-electron chi connectivity index (χ1n) is 5.96. The predicted molar refractivity (Wildman–Crippen MR) is 86.2 cm³/mol. The molecule has 4 N–H and O–H groups in total. The summed E-state index contributed by atoms with van der Waals surface area (Å²) in [6, 6.07) is 4.60. The van der Waals surface area contributed by atoms with Gasteiger partial charge in [0.05, 0.1) is 19.6 Å².